The second-order valence-corrected chi connectivity index (χ2v) is 6.88. The molecule has 1 fully saturated rings. The van der Waals surface area contributed by atoms with E-state index in [2.05, 4.69) is 17.6 Å². The van der Waals surface area contributed by atoms with Gasteiger partial charge in [0.25, 0.3) is 5.91 Å². The molecule has 3 unspecified atom stereocenters. The molecule has 1 aliphatic rings. The summed E-state index contributed by atoms with van der Waals surface area (Å²) in [5, 5.41) is 7.15. The number of amides is 1. The zero-order valence-corrected chi connectivity index (χ0v) is 15.0. The van der Waals surface area contributed by atoms with E-state index < -0.39 is 6.10 Å². The molecule has 2 N–H and O–H groups in total. The van der Waals surface area contributed by atoms with Crippen molar-refractivity contribution in [3.63, 3.8) is 0 Å². The summed E-state index contributed by atoms with van der Waals surface area (Å²) in [7, 11) is 0. The van der Waals surface area contributed by atoms with Gasteiger partial charge in [0, 0.05) is 16.6 Å². The van der Waals surface area contributed by atoms with E-state index in [1.807, 2.05) is 30.3 Å². The fraction of sp³-hybridized carbons (Fsp3) is 0.350. The third-order valence-corrected chi connectivity index (χ3v) is 4.77. The molecule has 1 aliphatic heterocycles. The van der Waals surface area contributed by atoms with Gasteiger partial charge < -0.3 is 15.4 Å². The largest absolute Gasteiger partial charge is 0.476 e. The van der Waals surface area contributed by atoms with Crippen LogP contribution in [0, 0.1) is 5.92 Å². The third kappa shape index (κ3) is 4.74. The maximum absolute atomic E-state index is 12.9. The van der Waals surface area contributed by atoms with E-state index in [-0.39, 0.29) is 11.9 Å². The molecule has 3 rings (SSSR count). The van der Waals surface area contributed by atoms with Crippen LogP contribution in [0.4, 0.5) is 0 Å². The molecule has 0 spiro atoms. The van der Waals surface area contributed by atoms with Crippen LogP contribution in [0.15, 0.2) is 54.6 Å². The molecule has 0 aliphatic carbocycles. The second kappa shape index (κ2) is 8.37. The zero-order valence-electron chi connectivity index (χ0n) is 14.2. The monoisotopic (exact) mass is 358 g/mol. The lowest BCUT2D eigenvalue weighted by Crippen LogP contribution is -2.50. The van der Waals surface area contributed by atoms with E-state index in [9.17, 15) is 4.79 Å². The molecule has 0 saturated carbocycles. The Morgan fingerprint density at radius 2 is 1.92 bits per heavy atom. The second-order valence-electron chi connectivity index (χ2n) is 6.45. The summed E-state index contributed by atoms with van der Waals surface area (Å²) in [6, 6.07) is 16.8. The van der Waals surface area contributed by atoms with Gasteiger partial charge in [0.1, 0.15) is 5.75 Å². The van der Waals surface area contributed by atoms with Crippen LogP contribution in [-0.4, -0.2) is 25.0 Å². The van der Waals surface area contributed by atoms with E-state index in [4.69, 9.17) is 16.3 Å². The number of hydrogen-bond acceptors (Lipinski definition) is 3. The highest BCUT2D eigenvalue weighted by Gasteiger charge is 2.28. The average Bonchev–Trinajstić information content (AvgIpc) is 2.64. The summed E-state index contributed by atoms with van der Waals surface area (Å²) < 4.78 is 6.01. The Morgan fingerprint density at radius 3 is 2.60 bits per heavy atom. The van der Waals surface area contributed by atoms with Gasteiger partial charge in [0.05, 0.1) is 0 Å². The van der Waals surface area contributed by atoms with Crippen molar-refractivity contribution < 1.29 is 9.53 Å². The summed E-state index contributed by atoms with van der Waals surface area (Å²) >= 11 is 5.93. The van der Waals surface area contributed by atoms with Gasteiger partial charge in [0.2, 0.25) is 6.10 Å². The number of carbonyl (C=O) groups excluding carboxylic acids is 1. The maximum Gasteiger partial charge on any atom is 0.266 e. The Kier molecular flexibility index (Phi) is 5.95. The highest BCUT2D eigenvalue weighted by molar-refractivity contribution is 6.30. The minimum absolute atomic E-state index is 0.111. The molecule has 0 bridgehead atoms. The number of rotatable bonds is 5. The van der Waals surface area contributed by atoms with Crippen molar-refractivity contribution in [2.45, 2.75) is 25.5 Å². The van der Waals surface area contributed by atoms with E-state index in [1.54, 1.807) is 24.3 Å². The molecule has 1 saturated heterocycles. The summed E-state index contributed by atoms with van der Waals surface area (Å²) in [5.41, 5.74) is 0.830. The molecule has 4 nitrogen and oxygen atoms in total. The summed E-state index contributed by atoms with van der Waals surface area (Å²) in [4.78, 5) is 12.9. The number of nitrogens with one attached hydrogen (secondary N) is 2. The van der Waals surface area contributed by atoms with Crippen LogP contribution in [0.25, 0.3) is 0 Å². The van der Waals surface area contributed by atoms with Crippen molar-refractivity contribution in [1.29, 1.82) is 0 Å². The normalized spacial score (nSPS) is 21.4. The van der Waals surface area contributed by atoms with Crippen LogP contribution in [0.3, 0.4) is 0 Å². The van der Waals surface area contributed by atoms with Crippen molar-refractivity contribution in [2.75, 3.05) is 13.1 Å². The standard InChI is InChI=1S/C20H23ClN2O2/c1-14-13-22-12-11-18(14)23-20(24)19(15-5-3-2-4-6-15)25-17-9-7-16(21)8-10-17/h2-10,14,18-19,22H,11-13H2,1H3,(H,23,24). The molecule has 132 valence electrons. The Bertz CT molecular complexity index is 691. The summed E-state index contributed by atoms with van der Waals surface area (Å²) in [6.07, 6.45) is 0.236. The number of hydrogen-bond donors (Lipinski definition) is 2. The van der Waals surface area contributed by atoms with Crippen molar-refractivity contribution in [2.24, 2.45) is 5.92 Å². The first kappa shape index (κ1) is 17.8. The van der Waals surface area contributed by atoms with Gasteiger partial charge in [-0.25, -0.2) is 0 Å². The molecule has 0 aromatic heterocycles. The first-order valence-corrected chi connectivity index (χ1v) is 8.99. The molecule has 1 heterocycles. The van der Waals surface area contributed by atoms with Gasteiger partial charge >= 0.3 is 0 Å². The van der Waals surface area contributed by atoms with E-state index in [0.29, 0.717) is 16.7 Å². The van der Waals surface area contributed by atoms with Crippen molar-refractivity contribution in [1.82, 2.24) is 10.6 Å². The van der Waals surface area contributed by atoms with Crippen LogP contribution in [0.2, 0.25) is 5.02 Å². The quantitative estimate of drug-likeness (QED) is 0.859. The van der Waals surface area contributed by atoms with Crippen LogP contribution in [0.5, 0.6) is 5.75 Å². The minimum atomic E-state index is -0.690. The molecule has 25 heavy (non-hydrogen) atoms. The van der Waals surface area contributed by atoms with Crippen molar-refractivity contribution >= 4 is 17.5 Å². The summed E-state index contributed by atoms with van der Waals surface area (Å²) in [6.45, 7) is 3.98. The summed E-state index contributed by atoms with van der Waals surface area (Å²) in [5.74, 6) is 0.899. The lowest BCUT2D eigenvalue weighted by atomic mass is 9.95. The zero-order chi connectivity index (χ0) is 17.6. The highest BCUT2D eigenvalue weighted by Crippen LogP contribution is 2.24. The van der Waals surface area contributed by atoms with Crippen LogP contribution in [0.1, 0.15) is 25.0 Å². The maximum atomic E-state index is 12.9. The molecule has 2 aromatic carbocycles. The first-order chi connectivity index (χ1) is 12.1. The van der Waals surface area contributed by atoms with Crippen LogP contribution >= 0.6 is 11.6 Å². The lowest BCUT2D eigenvalue weighted by molar-refractivity contribution is -0.129. The molecule has 2 aromatic rings. The topological polar surface area (TPSA) is 50.4 Å². The average molecular weight is 359 g/mol. The van der Waals surface area contributed by atoms with Gasteiger partial charge in [0.15, 0.2) is 0 Å². The highest BCUT2D eigenvalue weighted by atomic mass is 35.5. The molecule has 3 atom stereocenters. The fourth-order valence-corrected chi connectivity index (χ4v) is 3.16. The van der Waals surface area contributed by atoms with E-state index in [1.165, 1.54) is 0 Å². The van der Waals surface area contributed by atoms with Gasteiger partial charge in [-0.3, -0.25) is 4.79 Å². The molecule has 1 amide bonds. The predicted octanol–water partition coefficient (Wildman–Crippen LogP) is 3.57. The first-order valence-electron chi connectivity index (χ1n) is 8.62. The van der Waals surface area contributed by atoms with Gasteiger partial charge in [-0.15, -0.1) is 0 Å². The number of carbonyl (C=O) groups is 1. The molecule has 5 heteroatoms. The Balaban J connectivity index is 1.78. The third-order valence-electron chi connectivity index (χ3n) is 4.52. The number of benzene rings is 2. The fourth-order valence-electron chi connectivity index (χ4n) is 3.04. The lowest BCUT2D eigenvalue weighted by Gasteiger charge is -2.31. The van der Waals surface area contributed by atoms with Crippen LogP contribution in [-0.2, 0) is 4.79 Å². The molecule has 0 radical (unpaired) electrons. The van der Waals surface area contributed by atoms with E-state index in [0.717, 1.165) is 25.1 Å². The Morgan fingerprint density at radius 1 is 1.20 bits per heavy atom. The van der Waals surface area contributed by atoms with Gasteiger partial charge in [-0.05, 0) is 49.7 Å². The van der Waals surface area contributed by atoms with Crippen molar-refractivity contribution in [3.8, 4) is 5.75 Å². The number of ether oxygens (including phenoxy) is 1. The van der Waals surface area contributed by atoms with Gasteiger partial charge in [-0.1, -0.05) is 48.9 Å². The Labute approximate surface area is 153 Å². The number of halogens is 1. The number of piperidine rings is 1. The SMILES string of the molecule is CC1CNCCC1NC(=O)C(Oc1ccc(Cl)cc1)c1ccccc1. The smallest absolute Gasteiger partial charge is 0.266 e. The minimum Gasteiger partial charge on any atom is -0.476 e. The van der Waals surface area contributed by atoms with E-state index >= 15 is 0 Å². The van der Waals surface area contributed by atoms with Crippen molar-refractivity contribution in [3.05, 3.63) is 65.2 Å². The van der Waals surface area contributed by atoms with Crippen LogP contribution < -0.4 is 15.4 Å². The van der Waals surface area contributed by atoms with Gasteiger partial charge in [-0.2, -0.15) is 0 Å². The predicted molar refractivity (Wildman–Crippen MR) is 99.8 cm³/mol. The molecular weight excluding hydrogens is 336 g/mol. The Hall–Kier alpha value is -2.04. The molecular formula is C20H23ClN2O2.